The summed E-state index contributed by atoms with van der Waals surface area (Å²) in [6.07, 6.45) is 1.20. The van der Waals surface area contributed by atoms with E-state index in [-0.39, 0.29) is 23.0 Å². The highest BCUT2D eigenvalue weighted by atomic mass is 32.1. The predicted octanol–water partition coefficient (Wildman–Crippen LogP) is 2.44. The van der Waals surface area contributed by atoms with Gasteiger partial charge < -0.3 is 16.0 Å². The fourth-order valence-electron chi connectivity index (χ4n) is 1.56. The van der Waals surface area contributed by atoms with Crippen LogP contribution in [0.25, 0.3) is 0 Å². The Morgan fingerprint density at radius 2 is 1.90 bits per heavy atom. The van der Waals surface area contributed by atoms with Crippen molar-refractivity contribution in [3.8, 4) is 0 Å². The molecule has 0 saturated heterocycles. The Morgan fingerprint density at radius 1 is 1.24 bits per heavy atom. The van der Waals surface area contributed by atoms with Crippen LogP contribution in [0.2, 0.25) is 0 Å². The molecule has 0 saturated carbocycles. The summed E-state index contributed by atoms with van der Waals surface area (Å²) >= 11 is 5.06. The maximum atomic E-state index is 12.2. The summed E-state index contributed by atoms with van der Waals surface area (Å²) in [5.74, 6) is -0.342. The van der Waals surface area contributed by atoms with Crippen LogP contribution in [0.5, 0.6) is 0 Å². The molecular formula is C15H21N3O2S. The number of rotatable bonds is 5. The van der Waals surface area contributed by atoms with E-state index < -0.39 is 0 Å². The number of amides is 2. The minimum absolute atomic E-state index is 0.0947. The molecule has 1 rings (SSSR count). The van der Waals surface area contributed by atoms with Crippen molar-refractivity contribution in [3.63, 3.8) is 0 Å². The number of anilines is 1. The molecule has 1 unspecified atom stereocenters. The van der Waals surface area contributed by atoms with Crippen molar-refractivity contribution in [2.75, 3.05) is 5.32 Å². The van der Waals surface area contributed by atoms with Crippen LogP contribution in [0.1, 0.15) is 44.0 Å². The lowest BCUT2D eigenvalue weighted by molar-refractivity contribution is -0.119. The summed E-state index contributed by atoms with van der Waals surface area (Å²) in [4.78, 5) is 23.5. The normalized spacial score (nSPS) is 11.4. The van der Waals surface area contributed by atoms with Gasteiger partial charge in [0.05, 0.1) is 11.3 Å². The van der Waals surface area contributed by atoms with Crippen LogP contribution in [0.15, 0.2) is 24.3 Å². The summed E-state index contributed by atoms with van der Waals surface area (Å²) in [5, 5.41) is 8.52. The van der Waals surface area contributed by atoms with Gasteiger partial charge in [-0.25, -0.2) is 0 Å². The summed E-state index contributed by atoms with van der Waals surface area (Å²) in [7, 11) is 0. The molecule has 2 amide bonds. The third kappa shape index (κ3) is 5.51. The standard InChI is InChI=1S/C15H21N3O2S/c1-4-10(3)16-14(20)11-8-6-7-9-12(11)17-15(21)18-13(19)5-2/h6-10H,4-5H2,1-3H3,(H,16,20)(H2,17,18,19,21). The fourth-order valence-corrected chi connectivity index (χ4v) is 1.79. The van der Waals surface area contributed by atoms with Gasteiger partial charge in [0, 0.05) is 12.5 Å². The first-order chi connectivity index (χ1) is 9.97. The Kier molecular flexibility index (Phi) is 6.81. The first kappa shape index (κ1) is 17.1. The topological polar surface area (TPSA) is 70.2 Å². The van der Waals surface area contributed by atoms with Gasteiger partial charge in [0.15, 0.2) is 5.11 Å². The third-order valence-electron chi connectivity index (χ3n) is 2.98. The molecular weight excluding hydrogens is 286 g/mol. The second kappa shape index (κ2) is 8.36. The first-order valence-electron chi connectivity index (χ1n) is 6.98. The van der Waals surface area contributed by atoms with Crippen molar-refractivity contribution >= 4 is 34.8 Å². The van der Waals surface area contributed by atoms with Gasteiger partial charge >= 0.3 is 0 Å². The Morgan fingerprint density at radius 3 is 2.52 bits per heavy atom. The zero-order valence-corrected chi connectivity index (χ0v) is 13.3. The van der Waals surface area contributed by atoms with Gasteiger partial charge in [0.25, 0.3) is 5.91 Å². The molecule has 114 valence electrons. The number of hydrogen-bond donors (Lipinski definition) is 3. The molecule has 0 aromatic heterocycles. The average Bonchev–Trinajstić information content (AvgIpc) is 2.47. The molecule has 0 heterocycles. The Bertz CT molecular complexity index is 531. The minimum atomic E-state index is -0.172. The molecule has 0 bridgehead atoms. The lowest BCUT2D eigenvalue weighted by atomic mass is 10.1. The van der Waals surface area contributed by atoms with Gasteiger partial charge in [-0.05, 0) is 37.7 Å². The summed E-state index contributed by atoms with van der Waals surface area (Å²) in [6.45, 7) is 5.69. The van der Waals surface area contributed by atoms with Gasteiger partial charge in [-0.3, -0.25) is 9.59 Å². The van der Waals surface area contributed by atoms with Crippen LogP contribution >= 0.6 is 12.2 Å². The lowest BCUT2D eigenvalue weighted by Gasteiger charge is -2.15. The molecule has 0 aliphatic carbocycles. The lowest BCUT2D eigenvalue weighted by Crippen LogP contribution is -2.35. The molecule has 3 N–H and O–H groups in total. The van der Waals surface area contributed by atoms with Crippen LogP contribution in [-0.4, -0.2) is 23.0 Å². The third-order valence-corrected chi connectivity index (χ3v) is 3.19. The molecule has 0 aliphatic rings. The van der Waals surface area contributed by atoms with Gasteiger partial charge in [-0.15, -0.1) is 0 Å². The molecule has 6 heteroatoms. The Balaban J connectivity index is 2.82. The highest BCUT2D eigenvalue weighted by Gasteiger charge is 2.13. The second-order valence-corrected chi connectivity index (χ2v) is 5.09. The van der Waals surface area contributed by atoms with Gasteiger partial charge in [-0.1, -0.05) is 26.0 Å². The van der Waals surface area contributed by atoms with E-state index in [0.29, 0.717) is 17.7 Å². The zero-order valence-electron chi connectivity index (χ0n) is 12.5. The van der Waals surface area contributed by atoms with E-state index >= 15 is 0 Å². The van der Waals surface area contributed by atoms with Crippen LogP contribution in [0.4, 0.5) is 5.69 Å². The van der Waals surface area contributed by atoms with Crippen molar-refractivity contribution < 1.29 is 9.59 Å². The number of carbonyl (C=O) groups is 2. The Hall–Kier alpha value is -1.95. The summed E-state index contributed by atoms with van der Waals surface area (Å²) in [5.41, 5.74) is 1.06. The number of benzene rings is 1. The number of carbonyl (C=O) groups excluding carboxylic acids is 2. The number of hydrogen-bond acceptors (Lipinski definition) is 3. The van der Waals surface area contributed by atoms with Gasteiger partial charge in [0.1, 0.15) is 0 Å². The molecule has 0 aliphatic heterocycles. The van der Waals surface area contributed by atoms with E-state index in [2.05, 4.69) is 16.0 Å². The van der Waals surface area contributed by atoms with E-state index in [9.17, 15) is 9.59 Å². The molecule has 1 aromatic rings. The smallest absolute Gasteiger partial charge is 0.253 e. The van der Waals surface area contributed by atoms with Crippen molar-refractivity contribution in [2.24, 2.45) is 0 Å². The SMILES string of the molecule is CCC(=O)NC(=S)Nc1ccccc1C(=O)NC(C)CC. The van der Waals surface area contributed by atoms with Crippen molar-refractivity contribution in [3.05, 3.63) is 29.8 Å². The van der Waals surface area contributed by atoms with E-state index in [1.165, 1.54) is 0 Å². The van der Waals surface area contributed by atoms with Crippen LogP contribution in [0.3, 0.4) is 0 Å². The number of para-hydroxylation sites is 1. The van der Waals surface area contributed by atoms with Crippen LogP contribution < -0.4 is 16.0 Å². The van der Waals surface area contributed by atoms with Gasteiger partial charge in [0.2, 0.25) is 5.91 Å². The summed E-state index contributed by atoms with van der Waals surface area (Å²) in [6, 6.07) is 7.13. The molecule has 1 atom stereocenters. The van der Waals surface area contributed by atoms with E-state index in [1.54, 1.807) is 31.2 Å². The van der Waals surface area contributed by atoms with E-state index in [0.717, 1.165) is 6.42 Å². The molecule has 0 fully saturated rings. The van der Waals surface area contributed by atoms with E-state index in [4.69, 9.17) is 12.2 Å². The second-order valence-electron chi connectivity index (χ2n) is 4.68. The van der Waals surface area contributed by atoms with Crippen LogP contribution in [-0.2, 0) is 4.79 Å². The van der Waals surface area contributed by atoms with E-state index in [1.807, 2.05) is 13.8 Å². The average molecular weight is 307 g/mol. The number of thiocarbonyl (C=S) groups is 1. The monoisotopic (exact) mass is 307 g/mol. The van der Waals surface area contributed by atoms with Crippen LogP contribution in [0, 0.1) is 0 Å². The maximum Gasteiger partial charge on any atom is 0.253 e. The largest absolute Gasteiger partial charge is 0.350 e. The maximum absolute atomic E-state index is 12.2. The van der Waals surface area contributed by atoms with Crippen molar-refractivity contribution in [1.82, 2.24) is 10.6 Å². The molecule has 5 nitrogen and oxygen atoms in total. The Labute approximate surface area is 130 Å². The molecule has 21 heavy (non-hydrogen) atoms. The number of nitrogens with one attached hydrogen (secondary N) is 3. The highest BCUT2D eigenvalue weighted by molar-refractivity contribution is 7.80. The van der Waals surface area contributed by atoms with Gasteiger partial charge in [-0.2, -0.15) is 0 Å². The summed E-state index contributed by atoms with van der Waals surface area (Å²) < 4.78 is 0. The minimum Gasteiger partial charge on any atom is -0.350 e. The molecule has 0 spiro atoms. The zero-order chi connectivity index (χ0) is 15.8. The molecule has 0 radical (unpaired) electrons. The quantitative estimate of drug-likeness (QED) is 0.731. The predicted molar refractivity (Wildman–Crippen MR) is 88.3 cm³/mol. The van der Waals surface area contributed by atoms with Crippen molar-refractivity contribution in [2.45, 2.75) is 39.7 Å². The first-order valence-corrected chi connectivity index (χ1v) is 7.39. The fraction of sp³-hybridized carbons (Fsp3) is 0.400. The highest BCUT2D eigenvalue weighted by Crippen LogP contribution is 2.15. The molecule has 1 aromatic carbocycles. The van der Waals surface area contributed by atoms with Crippen molar-refractivity contribution in [1.29, 1.82) is 0 Å².